The highest BCUT2D eigenvalue weighted by Crippen LogP contribution is 2.26. The Labute approximate surface area is 140 Å². The molecule has 2 N–H and O–H groups in total. The van der Waals surface area contributed by atoms with Crippen LogP contribution in [0.25, 0.3) is 10.6 Å². The van der Waals surface area contributed by atoms with Crippen molar-refractivity contribution in [3.8, 4) is 10.6 Å². The number of anilines is 1. The van der Waals surface area contributed by atoms with Crippen molar-refractivity contribution in [2.75, 3.05) is 11.9 Å². The minimum absolute atomic E-state index is 0. The van der Waals surface area contributed by atoms with Gasteiger partial charge in [-0.2, -0.15) is 0 Å². The SMILES string of the molecule is CC1(C(=O)Nc2cccc(-c3nccs3)c2)CCCCN1.Cl. The molecule has 0 radical (unpaired) electrons. The number of rotatable bonds is 3. The van der Waals surface area contributed by atoms with Crippen LogP contribution >= 0.6 is 23.7 Å². The van der Waals surface area contributed by atoms with E-state index in [1.165, 1.54) is 0 Å². The largest absolute Gasteiger partial charge is 0.324 e. The van der Waals surface area contributed by atoms with E-state index in [4.69, 9.17) is 0 Å². The molecule has 118 valence electrons. The summed E-state index contributed by atoms with van der Waals surface area (Å²) in [5.74, 6) is 0.0403. The Morgan fingerprint density at radius 3 is 2.95 bits per heavy atom. The summed E-state index contributed by atoms with van der Waals surface area (Å²) in [6, 6.07) is 7.85. The average molecular weight is 338 g/mol. The molecule has 22 heavy (non-hydrogen) atoms. The van der Waals surface area contributed by atoms with Gasteiger partial charge in [0.05, 0.1) is 5.54 Å². The molecule has 1 fully saturated rings. The molecule has 2 aromatic rings. The monoisotopic (exact) mass is 337 g/mol. The predicted octanol–water partition coefficient (Wildman–Crippen LogP) is 3.70. The van der Waals surface area contributed by atoms with Crippen LogP contribution in [-0.2, 0) is 4.79 Å². The maximum Gasteiger partial charge on any atom is 0.244 e. The lowest BCUT2D eigenvalue weighted by Crippen LogP contribution is -2.54. The number of hydrogen-bond donors (Lipinski definition) is 2. The van der Waals surface area contributed by atoms with Crippen molar-refractivity contribution in [1.82, 2.24) is 10.3 Å². The van der Waals surface area contributed by atoms with Crippen molar-refractivity contribution >= 4 is 35.3 Å². The van der Waals surface area contributed by atoms with Gasteiger partial charge in [0.25, 0.3) is 0 Å². The third-order valence-corrected chi connectivity index (χ3v) is 4.74. The van der Waals surface area contributed by atoms with Crippen LogP contribution in [0, 0.1) is 0 Å². The van der Waals surface area contributed by atoms with Crippen LogP contribution in [0.2, 0.25) is 0 Å². The van der Waals surface area contributed by atoms with E-state index in [1.54, 1.807) is 17.5 Å². The zero-order valence-corrected chi connectivity index (χ0v) is 14.1. The summed E-state index contributed by atoms with van der Waals surface area (Å²) in [4.78, 5) is 16.8. The standard InChI is InChI=1S/C16H19N3OS.ClH/c1-16(7-2-3-8-18-16)15(20)19-13-6-4-5-12(11-13)14-17-9-10-21-14;/h4-6,9-11,18H,2-3,7-8H2,1H3,(H,19,20);1H. The summed E-state index contributed by atoms with van der Waals surface area (Å²) in [7, 11) is 0. The summed E-state index contributed by atoms with van der Waals surface area (Å²) in [5, 5.41) is 9.28. The molecular weight excluding hydrogens is 318 g/mol. The lowest BCUT2D eigenvalue weighted by atomic mass is 9.90. The smallest absolute Gasteiger partial charge is 0.244 e. The first-order valence-electron chi connectivity index (χ1n) is 7.24. The van der Waals surface area contributed by atoms with Gasteiger partial charge in [-0.3, -0.25) is 4.79 Å². The molecule has 1 unspecified atom stereocenters. The van der Waals surface area contributed by atoms with E-state index < -0.39 is 5.54 Å². The summed E-state index contributed by atoms with van der Waals surface area (Å²) in [6.07, 6.45) is 4.90. The van der Waals surface area contributed by atoms with Gasteiger partial charge in [0.2, 0.25) is 5.91 Å². The number of amides is 1. The maximum absolute atomic E-state index is 12.5. The van der Waals surface area contributed by atoms with Gasteiger partial charge < -0.3 is 10.6 Å². The number of carbonyl (C=O) groups is 1. The Hall–Kier alpha value is -1.43. The number of benzene rings is 1. The van der Waals surface area contributed by atoms with Crippen LogP contribution in [0.3, 0.4) is 0 Å². The van der Waals surface area contributed by atoms with Gasteiger partial charge in [0.1, 0.15) is 5.01 Å². The molecule has 3 rings (SSSR count). The van der Waals surface area contributed by atoms with E-state index >= 15 is 0 Å². The number of aromatic nitrogens is 1. The van der Waals surface area contributed by atoms with Gasteiger partial charge in [-0.05, 0) is 44.9 Å². The summed E-state index contributed by atoms with van der Waals surface area (Å²) in [6.45, 7) is 2.88. The Morgan fingerprint density at radius 1 is 1.41 bits per heavy atom. The Bertz CT molecular complexity index is 624. The molecule has 4 nitrogen and oxygen atoms in total. The molecular formula is C16H20ClN3OS. The topological polar surface area (TPSA) is 54.0 Å². The first-order chi connectivity index (χ1) is 10.2. The molecule has 0 aliphatic carbocycles. The number of nitrogens with zero attached hydrogens (tertiary/aromatic N) is 1. The fourth-order valence-corrected chi connectivity index (χ4v) is 3.25. The highest BCUT2D eigenvalue weighted by Gasteiger charge is 2.34. The van der Waals surface area contributed by atoms with Crippen LogP contribution in [0.5, 0.6) is 0 Å². The molecule has 1 amide bonds. The first kappa shape index (κ1) is 16.9. The Morgan fingerprint density at radius 2 is 2.27 bits per heavy atom. The second kappa shape index (κ2) is 7.22. The minimum atomic E-state index is -0.463. The normalized spacial score (nSPS) is 21.0. The molecule has 2 heterocycles. The lowest BCUT2D eigenvalue weighted by Gasteiger charge is -2.33. The van der Waals surface area contributed by atoms with Gasteiger partial charge in [-0.1, -0.05) is 12.1 Å². The lowest BCUT2D eigenvalue weighted by molar-refractivity contribution is -0.122. The molecule has 0 saturated carbocycles. The number of piperidine rings is 1. The van der Waals surface area contributed by atoms with E-state index in [9.17, 15) is 4.79 Å². The number of carbonyl (C=O) groups excluding carboxylic acids is 1. The van der Waals surface area contributed by atoms with Gasteiger partial charge in [-0.25, -0.2) is 4.98 Å². The van der Waals surface area contributed by atoms with Crippen molar-refractivity contribution in [2.45, 2.75) is 31.7 Å². The van der Waals surface area contributed by atoms with E-state index in [1.807, 2.05) is 36.6 Å². The predicted molar refractivity (Wildman–Crippen MR) is 93.7 cm³/mol. The Kier molecular flexibility index (Phi) is 5.56. The van der Waals surface area contributed by atoms with Crippen molar-refractivity contribution in [3.05, 3.63) is 35.8 Å². The van der Waals surface area contributed by atoms with Crippen LogP contribution in [0.4, 0.5) is 5.69 Å². The zero-order valence-electron chi connectivity index (χ0n) is 12.5. The average Bonchev–Trinajstić information content (AvgIpc) is 3.02. The van der Waals surface area contributed by atoms with Gasteiger partial charge >= 0.3 is 0 Å². The fourth-order valence-electron chi connectivity index (χ4n) is 2.62. The molecule has 1 aliphatic heterocycles. The second-order valence-corrected chi connectivity index (χ2v) is 6.48. The molecule has 0 spiro atoms. The van der Waals surface area contributed by atoms with Crippen LogP contribution in [0.1, 0.15) is 26.2 Å². The Balaban J connectivity index is 0.00000176. The third-order valence-electron chi connectivity index (χ3n) is 3.92. The van der Waals surface area contributed by atoms with Crippen molar-refractivity contribution in [1.29, 1.82) is 0 Å². The summed E-state index contributed by atoms with van der Waals surface area (Å²) < 4.78 is 0. The van der Waals surface area contributed by atoms with Crippen LogP contribution < -0.4 is 10.6 Å². The minimum Gasteiger partial charge on any atom is -0.324 e. The van der Waals surface area contributed by atoms with Crippen molar-refractivity contribution in [2.24, 2.45) is 0 Å². The molecule has 0 bridgehead atoms. The van der Waals surface area contributed by atoms with Crippen LogP contribution in [-0.4, -0.2) is 23.0 Å². The first-order valence-corrected chi connectivity index (χ1v) is 8.12. The number of hydrogen-bond acceptors (Lipinski definition) is 4. The van der Waals surface area contributed by atoms with Gasteiger partial charge in [0, 0.05) is 22.8 Å². The van der Waals surface area contributed by atoms with E-state index in [-0.39, 0.29) is 18.3 Å². The molecule has 1 aliphatic rings. The fraction of sp³-hybridized carbons (Fsp3) is 0.375. The maximum atomic E-state index is 12.5. The number of halogens is 1. The highest BCUT2D eigenvalue weighted by atomic mass is 35.5. The van der Waals surface area contributed by atoms with Crippen molar-refractivity contribution < 1.29 is 4.79 Å². The quantitative estimate of drug-likeness (QED) is 0.897. The third kappa shape index (κ3) is 3.66. The van der Waals surface area contributed by atoms with Gasteiger partial charge in [0.15, 0.2) is 0 Å². The van der Waals surface area contributed by atoms with Crippen LogP contribution in [0.15, 0.2) is 35.8 Å². The second-order valence-electron chi connectivity index (χ2n) is 5.59. The van der Waals surface area contributed by atoms with E-state index in [2.05, 4.69) is 15.6 Å². The molecule has 1 aromatic carbocycles. The zero-order chi connectivity index (χ0) is 14.7. The molecule has 1 saturated heterocycles. The number of thiazole rings is 1. The summed E-state index contributed by atoms with van der Waals surface area (Å²) in [5.41, 5.74) is 1.39. The number of nitrogens with one attached hydrogen (secondary N) is 2. The molecule has 1 aromatic heterocycles. The molecule has 1 atom stereocenters. The van der Waals surface area contributed by atoms with Crippen molar-refractivity contribution in [3.63, 3.8) is 0 Å². The van der Waals surface area contributed by atoms with Gasteiger partial charge in [-0.15, -0.1) is 23.7 Å². The molecule has 6 heteroatoms. The summed E-state index contributed by atoms with van der Waals surface area (Å²) >= 11 is 1.59. The van der Waals surface area contributed by atoms with E-state index in [0.29, 0.717) is 0 Å². The van der Waals surface area contributed by atoms with E-state index in [0.717, 1.165) is 42.1 Å². The highest BCUT2D eigenvalue weighted by molar-refractivity contribution is 7.13.